The molecule has 1 aliphatic heterocycles. The number of carbonyl (C=O) groups is 2. The molecule has 0 aliphatic carbocycles. The van der Waals surface area contributed by atoms with Gasteiger partial charge in [-0.3, -0.25) is 4.79 Å². The smallest absolute Gasteiger partial charge is 0.416 e. The summed E-state index contributed by atoms with van der Waals surface area (Å²) in [6.07, 6.45) is 2.01. The van der Waals surface area contributed by atoms with Crippen LogP contribution in [0.5, 0.6) is 0 Å². The molecular weight excluding hydrogens is 358 g/mol. The number of rotatable bonds is 8. The summed E-state index contributed by atoms with van der Waals surface area (Å²) in [5.41, 5.74) is 1.10. The summed E-state index contributed by atoms with van der Waals surface area (Å²) < 4.78 is 11.3. The fourth-order valence-corrected chi connectivity index (χ4v) is 3.93. The fraction of sp³-hybridized carbons (Fsp3) is 0.619. The minimum Gasteiger partial charge on any atom is -0.447 e. The SMILES string of the molecule is CC(C)(C)[Si](C)(C)OCCCCC(=O)N1C(=O)OC[C@H]1Cc1ccccc1. The lowest BCUT2D eigenvalue weighted by Gasteiger charge is -2.36. The van der Waals surface area contributed by atoms with Crippen molar-refractivity contribution in [2.75, 3.05) is 13.2 Å². The van der Waals surface area contributed by atoms with Crippen LogP contribution in [0.25, 0.3) is 0 Å². The molecule has 5 nitrogen and oxygen atoms in total. The quantitative estimate of drug-likeness (QED) is 0.473. The van der Waals surface area contributed by atoms with E-state index in [0.29, 0.717) is 19.4 Å². The maximum absolute atomic E-state index is 12.6. The van der Waals surface area contributed by atoms with E-state index in [1.54, 1.807) is 0 Å². The summed E-state index contributed by atoms with van der Waals surface area (Å²) in [4.78, 5) is 25.9. The number of amides is 2. The van der Waals surface area contributed by atoms with Gasteiger partial charge in [-0.25, -0.2) is 9.69 Å². The van der Waals surface area contributed by atoms with Crippen LogP contribution in [0.2, 0.25) is 18.1 Å². The molecule has 1 saturated heterocycles. The summed E-state index contributed by atoms with van der Waals surface area (Å²) in [7, 11) is -1.74. The summed E-state index contributed by atoms with van der Waals surface area (Å²) in [5.74, 6) is -0.147. The van der Waals surface area contributed by atoms with Gasteiger partial charge < -0.3 is 9.16 Å². The molecule has 1 aromatic rings. The Balaban J connectivity index is 1.79. The average molecular weight is 392 g/mol. The van der Waals surface area contributed by atoms with E-state index in [2.05, 4.69) is 33.9 Å². The predicted molar refractivity (Wildman–Crippen MR) is 109 cm³/mol. The zero-order valence-corrected chi connectivity index (χ0v) is 18.3. The molecule has 0 N–H and O–H groups in total. The van der Waals surface area contributed by atoms with Crippen molar-refractivity contribution in [1.29, 1.82) is 0 Å². The van der Waals surface area contributed by atoms with Crippen molar-refractivity contribution in [3.8, 4) is 0 Å². The van der Waals surface area contributed by atoms with E-state index in [9.17, 15) is 9.59 Å². The Morgan fingerprint density at radius 1 is 1.22 bits per heavy atom. The molecule has 6 heteroatoms. The minimum absolute atomic E-state index is 0.147. The first kappa shape index (κ1) is 21.6. The molecule has 1 aromatic carbocycles. The summed E-state index contributed by atoms with van der Waals surface area (Å²) in [5, 5.41) is 0.187. The number of imide groups is 1. The lowest BCUT2D eigenvalue weighted by molar-refractivity contribution is -0.129. The van der Waals surface area contributed by atoms with Crippen LogP contribution in [0, 0.1) is 0 Å². The molecule has 1 fully saturated rings. The van der Waals surface area contributed by atoms with Gasteiger partial charge >= 0.3 is 6.09 Å². The highest BCUT2D eigenvalue weighted by molar-refractivity contribution is 6.74. The van der Waals surface area contributed by atoms with Gasteiger partial charge in [0.15, 0.2) is 8.32 Å². The minimum atomic E-state index is -1.74. The average Bonchev–Trinajstić information content (AvgIpc) is 2.94. The van der Waals surface area contributed by atoms with Crippen LogP contribution < -0.4 is 0 Å². The van der Waals surface area contributed by atoms with Gasteiger partial charge in [0.1, 0.15) is 6.61 Å². The Hall–Kier alpha value is -1.66. The van der Waals surface area contributed by atoms with Crippen LogP contribution in [-0.2, 0) is 20.4 Å². The van der Waals surface area contributed by atoms with Crippen molar-refractivity contribution >= 4 is 20.3 Å². The number of nitrogens with zero attached hydrogens (tertiary/aromatic N) is 1. The van der Waals surface area contributed by atoms with Crippen molar-refractivity contribution in [3.05, 3.63) is 35.9 Å². The van der Waals surface area contributed by atoms with Gasteiger partial charge in [-0.2, -0.15) is 0 Å². The molecule has 1 heterocycles. The molecule has 0 radical (unpaired) electrons. The molecule has 27 heavy (non-hydrogen) atoms. The Morgan fingerprint density at radius 2 is 1.89 bits per heavy atom. The second-order valence-corrected chi connectivity index (χ2v) is 13.6. The normalized spacial score (nSPS) is 17.9. The predicted octanol–water partition coefficient (Wildman–Crippen LogP) is 4.77. The third kappa shape index (κ3) is 5.91. The van der Waals surface area contributed by atoms with Crippen LogP contribution >= 0.6 is 0 Å². The zero-order valence-electron chi connectivity index (χ0n) is 17.3. The highest BCUT2D eigenvalue weighted by Crippen LogP contribution is 2.36. The van der Waals surface area contributed by atoms with Gasteiger partial charge in [0.25, 0.3) is 0 Å². The van der Waals surface area contributed by atoms with E-state index in [4.69, 9.17) is 9.16 Å². The maximum Gasteiger partial charge on any atom is 0.416 e. The molecule has 150 valence electrons. The van der Waals surface area contributed by atoms with Crippen LogP contribution in [0.1, 0.15) is 45.6 Å². The largest absolute Gasteiger partial charge is 0.447 e. The first-order chi connectivity index (χ1) is 12.6. The van der Waals surface area contributed by atoms with E-state index < -0.39 is 14.4 Å². The topological polar surface area (TPSA) is 55.8 Å². The van der Waals surface area contributed by atoms with Crippen LogP contribution in [0.3, 0.4) is 0 Å². The lowest BCUT2D eigenvalue weighted by atomic mass is 10.1. The molecule has 2 amide bonds. The Bertz CT molecular complexity index is 639. The summed E-state index contributed by atoms with van der Waals surface area (Å²) >= 11 is 0. The number of cyclic esters (lactones) is 1. The van der Waals surface area contributed by atoms with E-state index in [-0.39, 0.29) is 23.6 Å². The first-order valence-corrected chi connectivity index (χ1v) is 12.7. The molecule has 1 atom stereocenters. The molecule has 0 aromatic heterocycles. The monoisotopic (exact) mass is 391 g/mol. The molecule has 1 aliphatic rings. The van der Waals surface area contributed by atoms with Crippen LogP contribution in [-0.4, -0.2) is 44.5 Å². The van der Waals surface area contributed by atoms with Crippen LogP contribution in [0.4, 0.5) is 4.79 Å². The van der Waals surface area contributed by atoms with Crippen molar-refractivity contribution in [1.82, 2.24) is 4.90 Å². The molecular formula is C21H33NO4Si. The number of carbonyl (C=O) groups excluding carboxylic acids is 2. The van der Waals surface area contributed by atoms with E-state index in [1.807, 2.05) is 30.3 Å². The number of hydrogen-bond acceptors (Lipinski definition) is 4. The third-order valence-electron chi connectivity index (χ3n) is 5.60. The molecule has 2 rings (SSSR count). The second-order valence-electron chi connectivity index (χ2n) is 8.75. The molecule has 0 saturated carbocycles. The molecule has 0 unspecified atom stereocenters. The summed E-state index contributed by atoms with van der Waals surface area (Å²) in [6, 6.07) is 9.67. The number of unbranched alkanes of at least 4 members (excludes halogenated alkanes) is 1. The number of hydrogen-bond donors (Lipinski definition) is 0. The number of ether oxygens (including phenoxy) is 1. The third-order valence-corrected chi connectivity index (χ3v) is 10.1. The highest BCUT2D eigenvalue weighted by Gasteiger charge is 2.38. The number of benzene rings is 1. The van der Waals surface area contributed by atoms with Crippen molar-refractivity contribution < 1.29 is 18.8 Å². The van der Waals surface area contributed by atoms with Crippen molar-refractivity contribution in [2.45, 2.75) is 70.6 Å². The highest BCUT2D eigenvalue weighted by atomic mass is 28.4. The van der Waals surface area contributed by atoms with Crippen molar-refractivity contribution in [2.24, 2.45) is 0 Å². The van der Waals surface area contributed by atoms with Gasteiger partial charge in [-0.15, -0.1) is 0 Å². The van der Waals surface area contributed by atoms with Gasteiger partial charge in [-0.05, 0) is 43.0 Å². The van der Waals surface area contributed by atoms with Gasteiger partial charge in [0.2, 0.25) is 5.91 Å². The fourth-order valence-electron chi connectivity index (χ4n) is 2.85. The van der Waals surface area contributed by atoms with Crippen molar-refractivity contribution in [3.63, 3.8) is 0 Å². The Morgan fingerprint density at radius 3 is 2.52 bits per heavy atom. The molecule has 0 spiro atoms. The van der Waals surface area contributed by atoms with Gasteiger partial charge in [0, 0.05) is 13.0 Å². The maximum atomic E-state index is 12.6. The van der Waals surface area contributed by atoms with Gasteiger partial charge in [-0.1, -0.05) is 51.1 Å². The molecule has 0 bridgehead atoms. The Kier molecular flexibility index (Phi) is 7.23. The van der Waals surface area contributed by atoms with E-state index >= 15 is 0 Å². The first-order valence-electron chi connectivity index (χ1n) is 9.78. The van der Waals surface area contributed by atoms with E-state index in [1.165, 1.54) is 4.90 Å². The van der Waals surface area contributed by atoms with E-state index in [0.717, 1.165) is 18.4 Å². The van der Waals surface area contributed by atoms with Crippen LogP contribution in [0.15, 0.2) is 30.3 Å². The Labute approximate surface area is 164 Å². The lowest BCUT2D eigenvalue weighted by Crippen LogP contribution is -2.41. The summed E-state index contributed by atoms with van der Waals surface area (Å²) in [6.45, 7) is 12.0. The van der Waals surface area contributed by atoms with Gasteiger partial charge in [0.05, 0.1) is 6.04 Å². The second kappa shape index (κ2) is 9.02. The standard InChI is InChI=1S/C21H33NO4Si/c1-21(2,3)27(4,5)26-14-10-9-13-19(23)22-18(16-25-20(22)24)15-17-11-7-6-8-12-17/h6-8,11-12,18H,9-10,13-16H2,1-5H3/t18-/m1/s1. The zero-order chi connectivity index (χ0) is 20.1.